The lowest BCUT2D eigenvalue weighted by atomic mass is 9.94. The molecule has 2 N–H and O–H groups in total. The second-order valence-corrected chi connectivity index (χ2v) is 4.61. The maximum atomic E-state index is 11.7. The molecule has 0 bridgehead atoms. The average Bonchev–Trinajstić information content (AvgIpc) is 2.37. The molecule has 0 spiro atoms. The number of hydrogen-bond donors (Lipinski definition) is 1. The summed E-state index contributed by atoms with van der Waals surface area (Å²) >= 11 is 0. The molecule has 1 amide bonds. The fraction of sp³-hybridized carbons (Fsp3) is 0.438. The zero-order valence-corrected chi connectivity index (χ0v) is 11.4. The minimum absolute atomic E-state index is 0.268. The van der Waals surface area contributed by atoms with Crippen LogP contribution in [0.5, 0.6) is 0 Å². The first-order valence-corrected chi connectivity index (χ1v) is 6.73. The van der Waals surface area contributed by atoms with Gasteiger partial charge >= 0.3 is 0 Å². The van der Waals surface area contributed by atoms with Crippen molar-refractivity contribution in [2.24, 2.45) is 5.73 Å². The van der Waals surface area contributed by atoms with Gasteiger partial charge < -0.3 is 5.73 Å². The Labute approximate surface area is 110 Å². The summed E-state index contributed by atoms with van der Waals surface area (Å²) in [6.45, 7) is 4.27. The summed E-state index contributed by atoms with van der Waals surface area (Å²) in [7, 11) is 0. The molecule has 0 heterocycles. The highest BCUT2D eigenvalue weighted by Gasteiger charge is 2.12. The van der Waals surface area contributed by atoms with Gasteiger partial charge in [0.15, 0.2) is 0 Å². The van der Waals surface area contributed by atoms with Crippen molar-refractivity contribution in [3.63, 3.8) is 0 Å². The van der Waals surface area contributed by atoms with E-state index in [1.54, 1.807) is 0 Å². The second-order valence-electron chi connectivity index (χ2n) is 4.61. The van der Waals surface area contributed by atoms with Gasteiger partial charge in [0.25, 0.3) is 0 Å². The van der Waals surface area contributed by atoms with Gasteiger partial charge in [-0.2, -0.15) is 0 Å². The Morgan fingerprint density at radius 3 is 2.06 bits per heavy atom. The van der Waals surface area contributed by atoms with E-state index in [-0.39, 0.29) is 5.91 Å². The first kappa shape index (κ1) is 14.5. The van der Waals surface area contributed by atoms with Gasteiger partial charge in [-0.05, 0) is 18.4 Å². The van der Waals surface area contributed by atoms with E-state index in [0.717, 1.165) is 36.8 Å². The Balaban J connectivity index is 2.99. The normalized spacial score (nSPS) is 10.1. The van der Waals surface area contributed by atoms with Crippen molar-refractivity contribution in [3.8, 4) is 0 Å². The van der Waals surface area contributed by atoms with Crippen LogP contribution in [0.4, 0.5) is 0 Å². The largest absolute Gasteiger partial charge is 0.366 e. The Hall–Kier alpha value is -1.57. The third-order valence-electron chi connectivity index (χ3n) is 3.05. The van der Waals surface area contributed by atoms with Crippen LogP contribution in [0.25, 0.3) is 0 Å². The van der Waals surface area contributed by atoms with Crippen LogP contribution in [-0.4, -0.2) is 5.91 Å². The number of nitrogens with two attached hydrogens (primary N) is 1. The molecule has 0 saturated heterocycles. The zero-order valence-electron chi connectivity index (χ0n) is 11.4. The highest BCUT2D eigenvalue weighted by Crippen LogP contribution is 2.20. The van der Waals surface area contributed by atoms with Crippen LogP contribution < -0.4 is 5.73 Å². The molecule has 1 aromatic rings. The molecule has 18 heavy (non-hydrogen) atoms. The molecule has 2 heteroatoms. The number of hydrogen-bond acceptors (Lipinski definition) is 1. The molecule has 1 aromatic carbocycles. The predicted octanol–water partition coefficient (Wildman–Crippen LogP) is 3.61. The molecule has 0 aliphatic carbocycles. The van der Waals surface area contributed by atoms with E-state index < -0.39 is 0 Å². The van der Waals surface area contributed by atoms with Crippen LogP contribution in [0.15, 0.2) is 41.5 Å². The fourth-order valence-corrected chi connectivity index (χ4v) is 2.22. The van der Waals surface area contributed by atoms with Crippen LogP contribution in [0.2, 0.25) is 0 Å². The van der Waals surface area contributed by atoms with Crippen LogP contribution >= 0.6 is 0 Å². The number of primary amides is 1. The van der Waals surface area contributed by atoms with E-state index in [4.69, 9.17) is 5.73 Å². The number of benzene rings is 1. The SMILES string of the molecule is CCCC(CCC)=C(Cc1ccccc1)C(N)=O. The molecule has 0 aromatic heterocycles. The highest BCUT2D eigenvalue weighted by molar-refractivity contribution is 5.93. The van der Waals surface area contributed by atoms with E-state index in [2.05, 4.69) is 13.8 Å². The molecule has 1 rings (SSSR count). The van der Waals surface area contributed by atoms with Gasteiger partial charge in [0.1, 0.15) is 0 Å². The summed E-state index contributed by atoms with van der Waals surface area (Å²) < 4.78 is 0. The molecule has 0 aliphatic rings. The topological polar surface area (TPSA) is 43.1 Å². The number of rotatable bonds is 7. The molecular formula is C16H23NO. The van der Waals surface area contributed by atoms with Gasteiger partial charge in [-0.15, -0.1) is 0 Å². The maximum absolute atomic E-state index is 11.7. The third kappa shape index (κ3) is 4.36. The molecular weight excluding hydrogens is 222 g/mol. The lowest BCUT2D eigenvalue weighted by Gasteiger charge is -2.12. The molecule has 0 aliphatic heterocycles. The molecule has 0 radical (unpaired) electrons. The van der Waals surface area contributed by atoms with Gasteiger partial charge in [-0.25, -0.2) is 0 Å². The smallest absolute Gasteiger partial charge is 0.244 e. The van der Waals surface area contributed by atoms with Crippen molar-refractivity contribution in [2.45, 2.75) is 46.0 Å². The van der Waals surface area contributed by atoms with Gasteiger partial charge in [-0.3, -0.25) is 4.79 Å². The van der Waals surface area contributed by atoms with E-state index in [9.17, 15) is 4.79 Å². The average molecular weight is 245 g/mol. The quantitative estimate of drug-likeness (QED) is 0.733. The highest BCUT2D eigenvalue weighted by atomic mass is 16.1. The Bertz CT molecular complexity index is 398. The molecule has 0 atom stereocenters. The standard InChI is InChI=1S/C16H23NO/c1-3-8-14(9-4-2)15(16(17)18)12-13-10-6-5-7-11-13/h5-7,10-11H,3-4,8-9,12H2,1-2H3,(H2,17,18). The maximum Gasteiger partial charge on any atom is 0.244 e. The van der Waals surface area contributed by atoms with Gasteiger partial charge in [0.2, 0.25) is 5.91 Å². The number of carbonyl (C=O) groups excluding carboxylic acids is 1. The first-order valence-electron chi connectivity index (χ1n) is 6.73. The van der Waals surface area contributed by atoms with Gasteiger partial charge in [0.05, 0.1) is 0 Å². The lowest BCUT2D eigenvalue weighted by Crippen LogP contribution is -2.18. The lowest BCUT2D eigenvalue weighted by molar-refractivity contribution is -0.114. The Morgan fingerprint density at radius 2 is 1.61 bits per heavy atom. The van der Waals surface area contributed by atoms with Crippen molar-refractivity contribution in [1.82, 2.24) is 0 Å². The van der Waals surface area contributed by atoms with E-state index >= 15 is 0 Å². The summed E-state index contributed by atoms with van der Waals surface area (Å²) in [6, 6.07) is 10.0. The summed E-state index contributed by atoms with van der Waals surface area (Å²) in [6.07, 6.45) is 4.71. The molecule has 2 nitrogen and oxygen atoms in total. The summed E-state index contributed by atoms with van der Waals surface area (Å²) in [5.74, 6) is -0.268. The van der Waals surface area contributed by atoms with Crippen molar-refractivity contribution < 1.29 is 4.79 Å². The third-order valence-corrected chi connectivity index (χ3v) is 3.05. The Kier molecular flexibility index (Phi) is 6.20. The van der Waals surface area contributed by atoms with Crippen molar-refractivity contribution in [2.75, 3.05) is 0 Å². The molecule has 0 unspecified atom stereocenters. The fourth-order valence-electron chi connectivity index (χ4n) is 2.22. The van der Waals surface area contributed by atoms with E-state index in [0.29, 0.717) is 6.42 Å². The summed E-state index contributed by atoms with van der Waals surface area (Å²) in [5.41, 5.74) is 8.74. The number of allylic oxidation sites excluding steroid dienone is 1. The van der Waals surface area contributed by atoms with Crippen LogP contribution in [0, 0.1) is 0 Å². The summed E-state index contributed by atoms with van der Waals surface area (Å²) in [5, 5.41) is 0. The van der Waals surface area contributed by atoms with Crippen LogP contribution in [0.1, 0.15) is 45.1 Å². The zero-order chi connectivity index (χ0) is 13.4. The van der Waals surface area contributed by atoms with Crippen molar-refractivity contribution >= 4 is 5.91 Å². The van der Waals surface area contributed by atoms with E-state index in [1.165, 1.54) is 5.57 Å². The molecule has 98 valence electrons. The minimum Gasteiger partial charge on any atom is -0.366 e. The van der Waals surface area contributed by atoms with Crippen molar-refractivity contribution in [1.29, 1.82) is 0 Å². The number of amides is 1. The van der Waals surface area contributed by atoms with Gasteiger partial charge in [-0.1, -0.05) is 62.6 Å². The van der Waals surface area contributed by atoms with Crippen molar-refractivity contribution in [3.05, 3.63) is 47.0 Å². The van der Waals surface area contributed by atoms with Crippen LogP contribution in [-0.2, 0) is 11.2 Å². The first-order chi connectivity index (χ1) is 8.69. The van der Waals surface area contributed by atoms with E-state index in [1.807, 2.05) is 30.3 Å². The number of carbonyl (C=O) groups is 1. The predicted molar refractivity (Wildman–Crippen MR) is 76.2 cm³/mol. The summed E-state index contributed by atoms with van der Waals surface area (Å²) in [4.78, 5) is 11.7. The van der Waals surface area contributed by atoms with Gasteiger partial charge in [0, 0.05) is 12.0 Å². The minimum atomic E-state index is -0.268. The van der Waals surface area contributed by atoms with Crippen LogP contribution in [0.3, 0.4) is 0 Å². The second kappa shape index (κ2) is 7.70. The Morgan fingerprint density at radius 1 is 1.06 bits per heavy atom. The molecule has 0 saturated carbocycles. The molecule has 0 fully saturated rings. The monoisotopic (exact) mass is 245 g/mol.